The molecule has 0 spiro atoms. The van der Waals surface area contributed by atoms with E-state index in [1.807, 2.05) is 30.3 Å². The summed E-state index contributed by atoms with van der Waals surface area (Å²) in [4.78, 5) is 8.44. The molecule has 0 saturated carbocycles. The third-order valence-corrected chi connectivity index (χ3v) is 2.93. The Morgan fingerprint density at radius 2 is 1.95 bits per heavy atom. The number of anilines is 1. The van der Waals surface area contributed by atoms with Crippen LogP contribution in [0.4, 0.5) is 5.82 Å². The fourth-order valence-electron chi connectivity index (χ4n) is 1.82. The lowest BCUT2D eigenvalue weighted by molar-refractivity contribution is 0.281. The van der Waals surface area contributed by atoms with E-state index >= 15 is 0 Å². The van der Waals surface area contributed by atoms with Crippen LogP contribution < -0.4 is 5.32 Å². The van der Waals surface area contributed by atoms with Gasteiger partial charge in [0.1, 0.15) is 12.1 Å². The highest BCUT2D eigenvalue weighted by Gasteiger charge is 2.03. The van der Waals surface area contributed by atoms with E-state index < -0.39 is 0 Å². The summed E-state index contributed by atoms with van der Waals surface area (Å²) in [7, 11) is 0. The molecule has 2 rings (SSSR count). The van der Waals surface area contributed by atoms with Crippen LogP contribution in [-0.4, -0.2) is 15.1 Å². The third-order valence-electron chi connectivity index (χ3n) is 2.93. The highest BCUT2D eigenvalue weighted by Crippen LogP contribution is 2.14. The molecule has 2 N–H and O–H groups in total. The monoisotopic (exact) mass is 257 g/mol. The minimum Gasteiger partial charge on any atom is -0.392 e. The molecule has 2 aromatic rings. The van der Waals surface area contributed by atoms with Crippen molar-refractivity contribution in [1.82, 2.24) is 9.97 Å². The normalized spacial score (nSPS) is 10.7. The van der Waals surface area contributed by atoms with Crippen molar-refractivity contribution in [3.63, 3.8) is 0 Å². The van der Waals surface area contributed by atoms with E-state index in [4.69, 9.17) is 5.11 Å². The van der Waals surface area contributed by atoms with E-state index in [0.717, 1.165) is 22.6 Å². The van der Waals surface area contributed by atoms with Gasteiger partial charge in [0.15, 0.2) is 0 Å². The first-order chi connectivity index (χ1) is 9.19. The lowest BCUT2D eigenvalue weighted by atomic mass is 10.1. The maximum atomic E-state index is 9.10. The quantitative estimate of drug-likeness (QED) is 0.864. The van der Waals surface area contributed by atoms with Crippen LogP contribution >= 0.6 is 0 Å². The molecule has 1 heterocycles. The maximum Gasteiger partial charge on any atom is 0.129 e. The fraction of sp³-hybridized carbons (Fsp3) is 0.333. The summed E-state index contributed by atoms with van der Waals surface area (Å²) < 4.78 is 0. The Labute approximate surface area is 113 Å². The van der Waals surface area contributed by atoms with Crippen LogP contribution in [-0.2, 0) is 13.2 Å². The number of nitrogens with zero attached hydrogens (tertiary/aromatic N) is 2. The standard InChI is InChI=1S/C15H19N3O/c1-11(2)14-7-15(18-10-17-14)16-8-12-4-3-5-13(6-12)9-19/h3-7,10-11,19H,8-9H2,1-2H3,(H,16,17,18). The smallest absolute Gasteiger partial charge is 0.129 e. The summed E-state index contributed by atoms with van der Waals surface area (Å²) in [6, 6.07) is 9.84. The SMILES string of the molecule is CC(C)c1cc(NCc2cccc(CO)c2)ncn1. The van der Waals surface area contributed by atoms with Crippen molar-refractivity contribution in [2.24, 2.45) is 0 Å². The molecular weight excluding hydrogens is 238 g/mol. The van der Waals surface area contributed by atoms with Gasteiger partial charge in [0.2, 0.25) is 0 Å². The summed E-state index contributed by atoms with van der Waals surface area (Å²) in [6.07, 6.45) is 1.59. The minimum atomic E-state index is 0.0683. The number of hydrogen-bond donors (Lipinski definition) is 2. The van der Waals surface area contributed by atoms with E-state index in [2.05, 4.69) is 29.1 Å². The number of benzene rings is 1. The number of aromatic nitrogens is 2. The lowest BCUT2D eigenvalue weighted by Crippen LogP contribution is -2.04. The van der Waals surface area contributed by atoms with Gasteiger partial charge in [-0.15, -0.1) is 0 Å². The van der Waals surface area contributed by atoms with Crippen molar-refractivity contribution < 1.29 is 5.11 Å². The van der Waals surface area contributed by atoms with Gasteiger partial charge in [-0.05, 0) is 17.0 Å². The molecule has 0 aliphatic heterocycles. The minimum absolute atomic E-state index is 0.0683. The molecule has 0 atom stereocenters. The Hall–Kier alpha value is -1.94. The van der Waals surface area contributed by atoms with Gasteiger partial charge in [0, 0.05) is 18.3 Å². The zero-order valence-electron chi connectivity index (χ0n) is 11.3. The van der Waals surface area contributed by atoms with Crippen LogP contribution in [0.15, 0.2) is 36.7 Å². The molecule has 4 heteroatoms. The average Bonchev–Trinajstić information content (AvgIpc) is 2.45. The van der Waals surface area contributed by atoms with Crippen LogP contribution in [0.3, 0.4) is 0 Å². The zero-order chi connectivity index (χ0) is 13.7. The average molecular weight is 257 g/mol. The Kier molecular flexibility index (Phi) is 4.47. The summed E-state index contributed by atoms with van der Waals surface area (Å²) in [6.45, 7) is 4.97. The van der Waals surface area contributed by atoms with Crippen LogP contribution in [0.5, 0.6) is 0 Å². The largest absolute Gasteiger partial charge is 0.392 e. The summed E-state index contributed by atoms with van der Waals surface area (Å²) in [5.74, 6) is 1.22. The Morgan fingerprint density at radius 1 is 1.16 bits per heavy atom. The van der Waals surface area contributed by atoms with Gasteiger partial charge in [-0.1, -0.05) is 38.1 Å². The second-order valence-electron chi connectivity index (χ2n) is 4.81. The molecule has 0 radical (unpaired) electrons. The molecule has 4 nitrogen and oxygen atoms in total. The van der Waals surface area contributed by atoms with Crippen molar-refractivity contribution >= 4 is 5.82 Å². The van der Waals surface area contributed by atoms with Gasteiger partial charge in [-0.2, -0.15) is 0 Å². The van der Waals surface area contributed by atoms with Crippen LogP contribution in [0.25, 0.3) is 0 Å². The van der Waals surface area contributed by atoms with E-state index in [1.165, 1.54) is 0 Å². The molecule has 0 unspecified atom stereocenters. The Morgan fingerprint density at radius 3 is 2.68 bits per heavy atom. The van der Waals surface area contributed by atoms with Crippen LogP contribution in [0, 0.1) is 0 Å². The van der Waals surface area contributed by atoms with Crippen LogP contribution in [0.1, 0.15) is 36.6 Å². The first kappa shape index (κ1) is 13.5. The van der Waals surface area contributed by atoms with Gasteiger partial charge in [-0.25, -0.2) is 9.97 Å². The second kappa shape index (κ2) is 6.29. The lowest BCUT2D eigenvalue weighted by Gasteiger charge is -2.09. The number of nitrogens with one attached hydrogen (secondary N) is 1. The number of rotatable bonds is 5. The predicted molar refractivity (Wildman–Crippen MR) is 75.8 cm³/mol. The van der Waals surface area contributed by atoms with Crippen molar-refractivity contribution in [3.05, 3.63) is 53.5 Å². The van der Waals surface area contributed by atoms with Gasteiger partial charge in [-0.3, -0.25) is 0 Å². The number of hydrogen-bond acceptors (Lipinski definition) is 4. The summed E-state index contributed by atoms with van der Waals surface area (Å²) in [5, 5.41) is 12.4. The first-order valence-electron chi connectivity index (χ1n) is 6.43. The molecule has 0 amide bonds. The third kappa shape index (κ3) is 3.76. The molecule has 19 heavy (non-hydrogen) atoms. The highest BCUT2D eigenvalue weighted by molar-refractivity contribution is 5.37. The maximum absolute atomic E-state index is 9.10. The van der Waals surface area contributed by atoms with E-state index in [1.54, 1.807) is 6.33 Å². The van der Waals surface area contributed by atoms with Gasteiger partial charge < -0.3 is 10.4 Å². The second-order valence-corrected chi connectivity index (χ2v) is 4.81. The van der Waals surface area contributed by atoms with Gasteiger partial charge in [0.05, 0.1) is 6.61 Å². The van der Waals surface area contributed by atoms with E-state index in [9.17, 15) is 0 Å². The molecule has 0 saturated heterocycles. The molecule has 0 bridgehead atoms. The Balaban J connectivity index is 2.03. The first-order valence-corrected chi connectivity index (χ1v) is 6.43. The van der Waals surface area contributed by atoms with Gasteiger partial charge in [0.25, 0.3) is 0 Å². The molecule has 0 fully saturated rings. The topological polar surface area (TPSA) is 58.0 Å². The molecular formula is C15H19N3O. The van der Waals surface area contributed by atoms with E-state index in [0.29, 0.717) is 12.5 Å². The van der Waals surface area contributed by atoms with E-state index in [-0.39, 0.29) is 6.61 Å². The summed E-state index contributed by atoms with van der Waals surface area (Å²) in [5.41, 5.74) is 3.07. The van der Waals surface area contributed by atoms with Gasteiger partial charge >= 0.3 is 0 Å². The zero-order valence-corrected chi connectivity index (χ0v) is 11.3. The number of aliphatic hydroxyl groups excluding tert-OH is 1. The summed E-state index contributed by atoms with van der Waals surface area (Å²) >= 11 is 0. The fourth-order valence-corrected chi connectivity index (χ4v) is 1.82. The predicted octanol–water partition coefficient (Wildman–Crippen LogP) is 2.70. The number of aliphatic hydroxyl groups is 1. The van der Waals surface area contributed by atoms with Crippen molar-refractivity contribution in [2.75, 3.05) is 5.32 Å². The van der Waals surface area contributed by atoms with Crippen LogP contribution in [0.2, 0.25) is 0 Å². The highest BCUT2D eigenvalue weighted by atomic mass is 16.3. The molecule has 0 aliphatic rings. The van der Waals surface area contributed by atoms with Crippen molar-refractivity contribution in [1.29, 1.82) is 0 Å². The molecule has 1 aromatic carbocycles. The molecule has 100 valence electrons. The molecule has 1 aromatic heterocycles. The van der Waals surface area contributed by atoms with Crippen molar-refractivity contribution in [2.45, 2.75) is 32.9 Å². The van der Waals surface area contributed by atoms with Crippen molar-refractivity contribution in [3.8, 4) is 0 Å². The molecule has 0 aliphatic carbocycles. The Bertz CT molecular complexity index is 540.